The minimum Gasteiger partial charge on any atom is -0.375 e. The number of rotatable bonds is 5. The molecule has 0 radical (unpaired) electrons. The van der Waals surface area contributed by atoms with Crippen LogP contribution in [0, 0.1) is 0 Å². The Kier molecular flexibility index (Phi) is 5.63. The fourth-order valence-electron chi connectivity index (χ4n) is 1.50. The second-order valence-corrected chi connectivity index (χ2v) is 6.10. The summed E-state index contributed by atoms with van der Waals surface area (Å²) >= 11 is 3.44. The molecular formula is C14H22BrNO. The van der Waals surface area contributed by atoms with Crippen molar-refractivity contribution in [2.45, 2.75) is 39.3 Å². The van der Waals surface area contributed by atoms with E-state index in [2.05, 4.69) is 73.2 Å². The Morgan fingerprint density at radius 1 is 1.24 bits per heavy atom. The van der Waals surface area contributed by atoms with Crippen LogP contribution in [0.3, 0.4) is 0 Å². The van der Waals surface area contributed by atoms with Crippen LogP contribution in [-0.4, -0.2) is 18.8 Å². The molecule has 96 valence electrons. The van der Waals surface area contributed by atoms with Crippen LogP contribution in [0.5, 0.6) is 0 Å². The van der Waals surface area contributed by atoms with Gasteiger partial charge in [-0.2, -0.15) is 0 Å². The van der Waals surface area contributed by atoms with Crippen LogP contribution in [0.1, 0.15) is 39.3 Å². The van der Waals surface area contributed by atoms with Crippen LogP contribution in [-0.2, 0) is 4.74 Å². The highest BCUT2D eigenvalue weighted by atomic mass is 79.9. The highest BCUT2D eigenvalue weighted by molar-refractivity contribution is 9.10. The van der Waals surface area contributed by atoms with Gasteiger partial charge in [0.1, 0.15) is 0 Å². The predicted octanol–water partition coefficient (Wildman–Crippen LogP) is 3.91. The van der Waals surface area contributed by atoms with Gasteiger partial charge in [-0.3, -0.25) is 0 Å². The molecule has 1 atom stereocenters. The summed E-state index contributed by atoms with van der Waals surface area (Å²) < 4.78 is 6.78. The van der Waals surface area contributed by atoms with E-state index in [0.29, 0.717) is 6.04 Å². The quantitative estimate of drug-likeness (QED) is 0.832. The summed E-state index contributed by atoms with van der Waals surface area (Å²) in [4.78, 5) is 0. The summed E-state index contributed by atoms with van der Waals surface area (Å²) in [7, 11) is 0. The maximum atomic E-state index is 5.66. The smallest absolute Gasteiger partial charge is 0.0599 e. The lowest BCUT2D eigenvalue weighted by Gasteiger charge is -2.21. The summed E-state index contributed by atoms with van der Waals surface area (Å²) in [6.07, 6.45) is 0. The average molecular weight is 300 g/mol. The number of halogens is 1. The van der Waals surface area contributed by atoms with Gasteiger partial charge in [0.25, 0.3) is 0 Å². The Labute approximate surface area is 113 Å². The highest BCUT2D eigenvalue weighted by Crippen LogP contribution is 2.16. The SMILES string of the molecule is C[C@@H](NCCOC(C)(C)C)c1ccc(Br)cc1. The van der Waals surface area contributed by atoms with E-state index in [1.165, 1.54) is 5.56 Å². The van der Waals surface area contributed by atoms with Crippen molar-refractivity contribution < 1.29 is 4.74 Å². The molecule has 0 saturated carbocycles. The van der Waals surface area contributed by atoms with E-state index in [9.17, 15) is 0 Å². The molecule has 0 fully saturated rings. The van der Waals surface area contributed by atoms with Crippen LogP contribution in [0.25, 0.3) is 0 Å². The van der Waals surface area contributed by atoms with Crippen LogP contribution < -0.4 is 5.32 Å². The molecule has 0 bridgehead atoms. The van der Waals surface area contributed by atoms with Crippen molar-refractivity contribution >= 4 is 15.9 Å². The van der Waals surface area contributed by atoms with Crippen LogP contribution in [0.2, 0.25) is 0 Å². The molecule has 0 aliphatic carbocycles. The van der Waals surface area contributed by atoms with E-state index in [0.717, 1.165) is 17.6 Å². The molecule has 0 amide bonds. The molecule has 3 heteroatoms. The molecule has 1 aromatic rings. The van der Waals surface area contributed by atoms with Gasteiger partial charge in [-0.15, -0.1) is 0 Å². The van der Waals surface area contributed by atoms with Crippen molar-refractivity contribution in [3.05, 3.63) is 34.3 Å². The second kappa shape index (κ2) is 6.53. The summed E-state index contributed by atoms with van der Waals surface area (Å²) in [5.74, 6) is 0. The molecule has 0 unspecified atom stereocenters. The minimum atomic E-state index is -0.0530. The molecule has 1 N–H and O–H groups in total. The molecule has 0 aliphatic heterocycles. The molecular weight excluding hydrogens is 278 g/mol. The third-order valence-corrected chi connectivity index (χ3v) is 2.99. The third kappa shape index (κ3) is 6.20. The number of hydrogen-bond acceptors (Lipinski definition) is 2. The number of ether oxygens (including phenoxy) is 1. The molecule has 0 aromatic heterocycles. The summed E-state index contributed by atoms with van der Waals surface area (Å²) in [6.45, 7) is 10.0. The van der Waals surface area contributed by atoms with Gasteiger partial charge in [0, 0.05) is 17.1 Å². The van der Waals surface area contributed by atoms with E-state index in [1.807, 2.05) is 0 Å². The van der Waals surface area contributed by atoms with Crippen molar-refractivity contribution in [3.63, 3.8) is 0 Å². The Balaban J connectivity index is 2.30. The second-order valence-electron chi connectivity index (χ2n) is 5.19. The van der Waals surface area contributed by atoms with E-state index >= 15 is 0 Å². The molecule has 17 heavy (non-hydrogen) atoms. The fourth-order valence-corrected chi connectivity index (χ4v) is 1.77. The van der Waals surface area contributed by atoms with Crippen molar-refractivity contribution in [1.82, 2.24) is 5.32 Å². The monoisotopic (exact) mass is 299 g/mol. The maximum Gasteiger partial charge on any atom is 0.0599 e. The van der Waals surface area contributed by atoms with E-state index in [-0.39, 0.29) is 5.60 Å². The molecule has 0 spiro atoms. The van der Waals surface area contributed by atoms with Gasteiger partial charge in [-0.25, -0.2) is 0 Å². The number of hydrogen-bond donors (Lipinski definition) is 1. The van der Waals surface area contributed by atoms with Crippen LogP contribution >= 0.6 is 15.9 Å². The van der Waals surface area contributed by atoms with Gasteiger partial charge < -0.3 is 10.1 Å². The summed E-state index contributed by atoms with van der Waals surface area (Å²) in [6, 6.07) is 8.75. The van der Waals surface area contributed by atoms with Crippen LogP contribution in [0.15, 0.2) is 28.7 Å². The van der Waals surface area contributed by atoms with Crippen molar-refractivity contribution in [3.8, 4) is 0 Å². The first-order valence-corrected chi connectivity index (χ1v) is 6.80. The van der Waals surface area contributed by atoms with Crippen molar-refractivity contribution in [2.24, 2.45) is 0 Å². The van der Waals surface area contributed by atoms with Gasteiger partial charge in [-0.1, -0.05) is 28.1 Å². The topological polar surface area (TPSA) is 21.3 Å². The normalized spacial score (nSPS) is 13.7. The Hall–Kier alpha value is -0.380. The minimum absolute atomic E-state index is 0.0530. The third-order valence-electron chi connectivity index (χ3n) is 2.46. The first kappa shape index (κ1) is 14.7. The summed E-state index contributed by atoms with van der Waals surface area (Å²) in [5.41, 5.74) is 1.24. The zero-order chi connectivity index (χ0) is 12.9. The first-order valence-electron chi connectivity index (χ1n) is 6.01. The standard InChI is InChI=1S/C14H22BrNO/c1-11(12-5-7-13(15)8-6-12)16-9-10-17-14(2,3)4/h5-8,11,16H,9-10H2,1-4H3/t11-/m1/s1. The highest BCUT2D eigenvalue weighted by Gasteiger charge is 2.10. The van der Waals surface area contributed by atoms with Gasteiger partial charge in [0.15, 0.2) is 0 Å². The largest absolute Gasteiger partial charge is 0.375 e. The lowest BCUT2D eigenvalue weighted by Crippen LogP contribution is -2.28. The first-order chi connectivity index (χ1) is 7.88. The maximum absolute atomic E-state index is 5.66. The molecule has 0 aliphatic rings. The molecule has 1 aromatic carbocycles. The Morgan fingerprint density at radius 2 is 1.82 bits per heavy atom. The number of nitrogens with one attached hydrogen (secondary N) is 1. The van der Waals surface area contributed by atoms with E-state index < -0.39 is 0 Å². The Bertz CT molecular complexity index is 329. The summed E-state index contributed by atoms with van der Waals surface area (Å²) in [5, 5.41) is 3.45. The van der Waals surface area contributed by atoms with E-state index in [1.54, 1.807) is 0 Å². The van der Waals surface area contributed by atoms with Gasteiger partial charge in [0.05, 0.1) is 12.2 Å². The fraction of sp³-hybridized carbons (Fsp3) is 0.571. The average Bonchev–Trinajstić information content (AvgIpc) is 2.24. The van der Waals surface area contributed by atoms with Gasteiger partial charge in [-0.05, 0) is 45.4 Å². The zero-order valence-corrected chi connectivity index (χ0v) is 12.7. The van der Waals surface area contributed by atoms with Crippen molar-refractivity contribution in [2.75, 3.05) is 13.2 Å². The lowest BCUT2D eigenvalue weighted by molar-refractivity contribution is -0.00149. The molecule has 0 heterocycles. The number of benzene rings is 1. The zero-order valence-electron chi connectivity index (χ0n) is 11.1. The molecule has 2 nitrogen and oxygen atoms in total. The lowest BCUT2D eigenvalue weighted by atomic mass is 10.1. The molecule has 0 saturated heterocycles. The van der Waals surface area contributed by atoms with Crippen LogP contribution in [0.4, 0.5) is 0 Å². The van der Waals surface area contributed by atoms with E-state index in [4.69, 9.17) is 4.74 Å². The predicted molar refractivity (Wildman–Crippen MR) is 76.3 cm³/mol. The van der Waals surface area contributed by atoms with Crippen molar-refractivity contribution in [1.29, 1.82) is 0 Å². The van der Waals surface area contributed by atoms with Gasteiger partial charge >= 0.3 is 0 Å². The Morgan fingerprint density at radius 3 is 2.35 bits per heavy atom. The molecule has 1 rings (SSSR count). The van der Waals surface area contributed by atoms with Gasteiger partial charge in [0.2, 0.25) is 0 Å².